The zero-order chi connectivity index (χ0) is 18.0. The molecule has 0 amide bonds. The number of ether oxygens (including phenoxy) is 1. The molecule has 0 fully saturated rings. The summed E-state index contributed by atoms with van der Waals surface area (Å²) in [6.07, 6.45) is 7.49. The van der Waals surface area contributed by atoms with Crippen LogP contribution in [0, 0.1) is 0 Å². The van der Waals surface area contributed by atoms with Crippen LogP contribution in [0.3, 0.4) is 0 Å². The van der Waals surface area contributed by atoms with Crippen molar-refractivity contribution in [1.82, 2.24) is 0 Å². The van der Waals surface area contributed by atoms with E-state index in [9.17, 15) is 14.7 Å². The average molecular weight is 334 g/mol. The van der Waals surface area contributed by atoms with Gasteiger partial charge in [-0.1, -0.05) is 52.2 Å². The molecule has 4 heteroatoms. The molecule has 0 aliphatic rings. The van der Waals surface area contributed by atoms with Crippen molar-refractivity contribution in [3.63, 3.8) is 0 Å². The lowest BCUT2D eigenvalue weighted by Crippen LogP contribution is -2.35. The van der Waals surface area contributed by atoms with E-state index in [0.29, 0.717) is 0 Å². The predicted molar refractivity (Wildman–Crippen MR) is 95.5 cm³/mol. The summed E-state index contributed by atoms with van der Waals surface area (Å²) < 4.78 is 5.96. The first-order valence-corrected chi connectivity index (χ1v) is 9.05. The van der Waals surface area contributed by atoms with Crippen molar-refractivity contribution in [2.45, 2.75) is 77.7 Å². The number of hydrogen-bond acceptors (Lipinski definition) is 3. The Morgan fingerprint density at radius 3 is 1.92 bits per heavy atom. The Bertz CT molecular complexity index is 528. The van der Waals surface area contributed by atoms with E-state index in [4.69, 9.17) is 4.74 Å². The molecule has 1 aromatic rings. The molecule has 1 rings (SSSR count). The van der Waals surface area contributed by atoms with E-state index in [1.165, 1.54) is 12.1 Å². The normalized spacial score (nSPS) is 11.3. The maximum absolute atomic E-state index is 12.7. The van der Waals surface area contributed by atoms with Crippen LogP contribution in [0.2, 0.25) is 0 Å². The number of esters is 1. The van der Waals surface area contributed by atoms with E-state index in [2.05, 4.69) is 20.8 Å². The molecule has 0 aromatic heterocycles. The molecule has 0 unspecified atom stereocenters. The van der Waals surface area contributed by atoms with E-state index in [1.807, 2.05) is 0 Å². The van der Waals surface area contributed by atoms with Gasteiger partial charge in [0.1, 0.15) is 5.60 Å². The molecule has 0 atom stereocenters. The fourth-order valence-corrected chi connectivity index (χ4v) is 3.08. The first kappa shape index (κ1) is 20.2. The van der Waals surface area contributed by atoms with E-state index in [-0.39, 0.29) is 11.1 Å². The molecule has 0 heterocycles. The second-order valence-corrected chi connectivity index (χ2v) is 6.38. The number of rotatable bonds is 11. The quantitative estimate of drug-likeness (QED) is 0.546. The third-order valence-electron chi connectivity index (χ3n) is 4.36. The van der Waals surface area contributed by atoms with Crippen molar-refractivity contribution < 1.29 is 19.4 Å². The van der Waals surface area contributed by atoms with E-state index < -0.39 is 17.5 Å². The lowest BCUT2D eigenvalue weighted by atomic mass is 9.86. The number of carboxylic acid groups (broad SMARTS) is 1. The van der Waals surface area contributed by atoms with Gasteiger partial charge in [0.25, 0.3) is 0 Å². The summed E-state index contributed by atoms with van der Waals surface area (Å²) >= 11 is 0. The Labute approximate surface area is 145 Å². The Balaban J connectivity index is 3.07. The van der Waals surface area contributed by atoms with Crippen molar-refractivity contribution in [3.8, 4) is 0 Å². The van der Waals surface area contributed by atoms with Crippen LogP contribution in [0.25, 0.3) is 0 Å². The lowest BCUT2D eigenvalue weighted by molar-refractivity contribution is -0.0349. The highest BCUT2D eigenvalue weighted by Gasteiger charge is 2.33. The summed E-state index contributed by atoms with van der Waals surface area (Å²) in [5.41, 5.74) is -0.346. The molecule has 0 bridgehead atoms. The molecular weight excluding hydrogens is 304 g/mol. The zero-order valence-electron chi connectivity index (χ0n) is 15.1. The van der Waals surface area contributed by atoms with E-state index in [1.54, 1.807) is 12.1 Å². The molecular formula is C20H30O4. The van der Waals surface area contributed by atoms with Gasteiger partial charge in [0.05, 0.1) is 11.1 Å². The van der Waals surface area contributed by atoms with Crippen molar-refractivity contribution in [2.24, 2.45) is 0 Å². The van der Waals surface area contributed by atoms with E-state index in [0.717, 1.165) is 51.4 Å². The minimum absolute atomic E-state index is 0.00104. The zero-order valence-corrected chi connectivity index (χ0v) is 15.1. The molecule has 1 N–H and O–H groups in total. The topological polar surface area (TPSA) is 63.6 Å². The van der Waals surface area contributed by atoms with Crippen molar-refractivity contribution in [3.05, 3.63) is 35.4 Å². The minimum atomic E-state index is -1.11. The van der Waals surface area contributed by atoms with Crippen molar-refractivity contribution in [1.29, 1.82) is 0 Å². The van der Waals surface area contributed by atoms with Gasteiger partial charge in [0.2, 0.25) is 0 Å². The van der Waals surface area contributed by atoms with Gasteiger partial charge in [0, 0.05) is 0 Å². The molecule has 0 spiro atoms. The molecule has 4 nitrogen and oxygen atoms in total. The first-order chi connectivity index (χ1) is 11.5. The number of benzene rings is 1. The summed E-state index contributed by atoms with van der Waals surface area (Å²) in [7, 11) is 0. The highest BCUT2D eigenvalue weighted by atomic mass is 16.6. The van der Waals surface area contributed by atoms with Gasteiger partial charge >= 0.3 is 11.9 Å². The van der Waals surface area contributed by atoms with Crippen LogP contribution in [0.5, 0.6) is 0 Å². The third-order valence-corrected chi connectivity index (χ3v) is 4.36. The Morgan fingerprint density at radius 1 is 0.917 bits per heavy atom. The van der Waals surface area contributed by atoms with Gasteiger partial charge in [-0.3, -0.25) is 0 Å². The summed E-state index contributed by atoms with van der Waals surface area (Å²) in [6.45, 7) is 6.34. The van der Waals surface area contributed by atoms with Crippen LogP contribution in [-0.2, 0) is 4.74 Å². The van der Waals surface area contributed by atoms with Crippen molar-refractivity contribution in [2.75, 3.05) is 0 Å². The molecule has 0 aliphatic heterocycles. The fourth-order valence-electron chi connectivity index (χ4n) is 3.08. The molecule has 0 saturated carbocycles. The molecule has 0 radical (unpaired) electrons. The number of hydrogen-bond donors (Lipinski definition) is 1. The smallest absolute Gasteiger partial charge is 0.339 e. The maximum atomic E-state index is 12.7. The average Bonchev–Trinajstić information content (AvgIpc) is 2.58. The van der Waals surface area contributed by atoms with Gasteiger partial charge in [-0.15, -0.1) is 0 Å². The number of carboxylic acids is 1. The summed E-state index contributed by atoms with van der Waals surface area (Å²) in [5.74, 6) is -1.63. The minimum Gasteiger partial charge on any atom is -0.478 e. The third kappa shape index (κ3) is 5.66. The molecule has 0 aliphatic carbocycles. The van der Waals surface area contributed by atoms with Crippen LogP contribution in [0.4, 0.5) is 0 Å². The van der Waals surface area contributed by atoms with Crippen LogP contribution in [0.1, 0.15) is 92.9 Å². The second kappa shape index (κ2) is 10.1. The maximum Gasteiger partial charge on any atom is 0.339 e. The standard InChI is InChI=1S/C20H30O4/c1-4-7-14-20(13-6-3,15-8-5-2)24-19(23)17-12-10-9-11-16(17)18(21)22/h9-12H,4-8,13-15H2,1-3H3,(H,21,22). The highest BCUT2D eigenvalue weighted by Crippen LogP contribution is 2.32. The Hall–Kier alpha value is -1.84. The summed E-state index contributed by atoms with van der Waals surface area (Å²) in [6, 6.07) is 6.26. The predicted octanol–water partition coefficient (Wildman–Crippen LogP) is 5.46. The molecule has 24 heavy (non-hydrogen) atoms. The van der Waals surface area contributed by atoms with Gasteiger partial charge in [-0.25, -0.2) is 9.59 Å². The van der Waals surface area contributed by atoms with Gasteiger partial charge in [0.15, 0.2) is 0 Å². The van der Waals surface area contributed by atoms with Crippen LogP contribution < -0.4 is 0 Å². The van der Waals surface area contributed by atoms with Crippen LogP contribution >= 0.6 is 0 Å². The highest BCUT2D eigenvalue weighted by molar-refractivity contribution is 6.02. The van der Waals surface area contributed by atoms with Crippen LogP contribution in [0.15, 0.2) is 24.3 Å². The van der Waals surface area contributed by atoms with Crippen LogP contribution in [-0.4, -0.2) is 22.6 Å². The Kier molecular flexibility index (Phi) is 8.51. The Morgan fingerprint density at radius 2 is 1.46 bits per heavy atom. The lowest BCUT2D eigenvalue weighted by Gasteiger charge is -2.34. The monoisotopic (exact) mass is 334 g/mol. The summed E-state index contributed by atoms with van der Waals surface area (Å²) in [5, 5.41) is 9.29. The molecule has 0 saturated heterocycles. The van der Waals surface area contributed by atoms with Crippen molar-refractivity contribution >= 4 is 11.9 Å². The number of aromatic carboxylic acids is 1. The molecule has 134 valence electrons. The fraction of sp³-hybridized carbons (Fsp3) is 0.600. The summed E-state index contributed by atoms with van der Waals surface area (Å²) in [4.78, 5) is 24.1. The van der Waals surface area contributed by atoms with Gasteiger partial charge in [-0.05, 0) is 44.2 Å². The van der Waals surface area contributed by atoms with Gasteiger partial charge < -0.3 is 9.84 Å². The largest absolute Gasteiger partial charge is 0.478 e. The second-order valence-electron chi connectivity index (χ2n) is 6.38. The van der Waals surface area contributed by atoms with E-state index >= 15 is 0 Å². The van der Waals surface area contributed by atoms with Gasteiger partial charge in [-0.2, -0.15) is 0 Å². The number of carbonyl (C=O) groups is 2. The number of carbonyl (C=O) groups excluding carboxylic acids is 1. The SMILES string of the molecule is CCCCC(CCC)(CCCC)OC(=O)c1ccccc1C(=O)O. The first-order valence-electron chi connectivity index (χ1n) is 9.05. The number of unbranched alkanes of at least 4 members (excludes halogenated alkanes) is 2. The molecule has 1 aromatic carbocycles.